The number of hydrogen-bond donors (Lipinski definition) is 1. The predicted molar refractivity (Wildman–Crippen MR) is 143 cm³/mol. The van der Waals surface area contributed by atoms with E-state index < -0.39 is 28.7 Å². The summed E-state index contributed by atoms with van der Waals surface area (Å²) < 4.78 is 38.7. The van der Waals surface area contributed by atoms with Crippen LogP contribution in [-0.4, -0.2) is 52.9 Å². The lowest BCUT2D eigenvalue weighted by molar-refractivity contribution is -0.139. The minimum Gasteiger partial charge on any atom is -0.463 e. The van der Waals surface area contributed by atoms with Gasteiger partial charge in [-0.2, -0.15) is 0 Å². The third-order valence-electron chi connectivity index (χ3n) is 6.55. The van der Waals surface area contributed by atoms with Gasteiger partial charge < -0.3 is 19.7 Å². The van der Waals surface area contributed by atoms with Crippen LogP contribution in [-0.2, 0) is 14.3 Å². The highest BCUT2D eigenvalue weighted by Crippen LogP contribution is 2.41. The van der Waals surface area contributed by atoms with Gasteiger partial charge in [-0.3, -0.25) is 9.79 Å². The molecule has 1 aromatic carbocycles. The molecule has 1 unspecified atom stereocenters. The minimum absolute atomic E-state index is 0.108. The van der Waals surface area contributed by atoms with Crippen molar-refractivity contribution in [1.29, 1.82) is 0 Å². The Hall–Kier alpha value is -3.97. The van der Waals surface area contributed by atoms with Gasteiger partial charge in [0.15, 0.2) is 28.2 Å². The summed E-state index contributed by atoms with van der Waals surface area (Å²) >= 11 is 7.60. The lowest BCUT2D eigenvalue weighted by Crippen LogP contribution is -2.42. The first-order valence-electron chi connectivity index (χ1n) is 12.4. The van der Waals surface area contributed by atoms with Gasteiger partial charge in [-0.15, -0.1) is 11.3 Å². The highest BCUT2D eigenvalue weighted by molar-refractivity contribution is 7.11. The number of aromatic nitrogens is 3. The number of nitrogens with one attached hydrogen (secondary N) is 1. The maximum Gasteiger partial charge on any atom is 0.338 e. The molecule has 0 radical (unpaired) electrons. The number of carbonyl (C=O) groups is 2. The molecule has 40 heavy (non-hydrogen) atoms. The minimum atomic E-state index is -1.22. The quantitative estimate of drug-likeness (QED) is 0.234. The second kappa shape index (κ2) is 12.0. The number of nitrogens with zero attached hydrogens (tertiary/aromatic N) is 5. The molecule has 5 rings (SSSR count). The Labute approximate surface area is 236 Å². The SMILES string of the molecule is CCOC(=O)C1=C(C2CCN(c3ncc(OC=O)cn3)CC2)NC(c2nccs2)=NC1c1ccc(F)c(F)c1Cl. The summed E-state index contributed by atoms with van der Waals surface area (Å²) in [5.41, 5.74) is 0.889. The van der Waals surface area contributed by atoms with Gasteiger partial charge in [0.25, 0.3) is 6.47 Å². The summed E-state index contributed by atoms with van der Waals surface area (Å²) in [6.45, 7) is 3.21. The molecule has 0 aliphatic carbocycles. The summed E-state index contributed by atoms with van der Waals surface area (Å²) in [4.78, 5) is 43.5. The maximum atomic E-state index is 14.6. The number of carbonyl (C=O) groups excluding carboxylic acids is 2. The number of amidine groups is 1. The van der Waals surface area contributed by atoms with Crippen molar-refractivity contribution in [2.75, 3.05) is 24.6 Å². The van der Waals surface area contributed by atoms with Crippen molar-refractivity contribution in [3.63, 3.8) is 0 Å². The van der Waals surface area contributed by atoms with Crippen LogP contribution in [0.4, 0.5) is 14.7 Å². The number of anilines is 1. The number of halogens is 3. The average Bonchev–Trinajstić information content (AvgIpc) is 3.52. The van der Waals surface area contributed by atoms with Crippen molar-refractivity contribution >= 4 is 47.2 Å². The van der Waals surface area contributed by atoms with E-state index in [-0.39, 0.29) is 29.4 Å². The highest BCUT2D eigenvalue weighted by atomic mass is 35.5. The summed E-state index contributed by atoms with van der Waals surface area (Å²) in [6, 6.07) is 1.24. The van der Waals surface area contributed by atoms with E-state index in [1.807, 2.05) is 4.90 Å². The first-order chi connectivity index (χ1) is 19.4. The number of allylic oxidation sites excluding steroid dienone is 1. The fourth-order valence-corrected chi connectivity index (χ4v) is 5.55. The van der Waals surface area contributed by atoms with Crippen LogP contribution >= 0.6 is 22.9 Å². The van der Waals surface area contributed by atoms with Crippen LogP contribution in [0.3, 0.4) is 0 Å². The molecule has 10 nitrogen and oxygen atoms in total. The number of rotatable bonds is 8. The van der Waals surface area contributed by atoms with Gasteiger partial charge >= 0.3 is 5.97 Å². The number of hydrogen-bond acceptors (Lipinski definition) is 11. The van der Waals surface area contributed by atoms with Crippen molar-refractivity contribution in [2.45, 2.75) is 25.8 Å². The van der Waals surface area contributed by atoms with Crippen molar-refractivity contribution in [3.8, 4) is 5.75 Å². The third-order valence-corrected chi connectivity index (χ3v) is 7.71. The van der Waals surface area contributed by atoms with E-state index in [1.165, 1.54) is 29.8 Å². The van der Waals surface area contributed by atoms with Crippen LogP contribution in [0, 0.1) is 17.6 Å². The van der Waals surface area contributed by atoms with Gasteiger partial charge in [0, 0.05) is 41.8 Å². The van der Waals surface area contributed by atoms with Crippen LogP contribution in [0.1, 0.15) is 36.4 Å². The van der Waals surface area contributed by atoms with E-state index in [1.54, 1.807) is 18.5 Å². The van der Waals surface area contributed by atoms with E-state index in [9.17, 15) is 18.4 Å². The number of ether oxygens (including phenoxy) is 2. The van der Waals surface area contributed by atoms with Crippen LogP contribution in [0.5, 0.6) is 5.75 Å². The van der Waals surface area contributed by atoms with Crippen molar-refractivity contribution in [2.24, 2.45) is 10.9 Å². The second-order valence-electron chi connectivity index (χ2n) is 8.85. The molecule has 208 valence electrons. The number of piperidine rings is 1. The Morgan fingerprint density at radius 2 is 1.98 bits per heavy atom. The molecular weight excluding hydrogens is 566 g/mol. The standard InChI is InChI=1S/C26H23ClF2N6O4S/c1-2-38-25(37)18-21(14-5-8-35(9-6-14)26-31-11-15(12-32-26)39-13-36)33-23(24-30-7-10-40-24)34-22(18)16-3-4-17(28)20(29)19(16)27/h3-4,7,10-14,22H,2,5-6,8-9H2,1H3,(H,33,34). The normalized spacial score (nSPS) is 17.8. The lowest BCUT2D eigenvalue weighted by atomic mass is 9.85. The topological polar surface area (TPSA) is 119 Å². The van der Waals surface area contributed by atoms with Crippen molar-refractivity contribution in [1.82, 2.24) is 20.3 Å². The highest BCUT2D eigenvalue weighted by Gasteiger charge is 2.38. The zero-order valence-electron chi connectivity index (χ0n) is 21.1. The third kappa shape index (κ3) is 5.52. The molecule has 2 aliphatic rings. The summed E-state index contributed by atoms with van der Waals surface area (Å²) in [6.07, 6.45) is 5.66. The molecule has 1 atom stereocenters. The maximum absolute atomic E-state index is 14.6. The Balaban J connectivity index is 1.51. The van der Waals surface area contributed by atoms with Gasteiger partial charge in [0.05, 0.1) is 29.6 Å². The van der Waals surface area contributed by atoms with Gasteiger partial charge in [0.2, 0.25) is 5.95 Å². The molecule has 2 aromatic heterocycles. The van der Waals surface area contributed by atoms with Gasteiger partial charge in [-0.1, -0.05) is 17.7 Å². The second-order valence-corrected chi connectivity index (χ2v) is 10.1. The molecule has 1 fully saturated rings. The monoisotopic (exact) mass is 588 g/mol. The number of aliphatic imine (C=N–C) groups is 1. The summed E-state index contributed by atoms with van der Waals surface area (Å²) in [7, 11) is 0. The van der Waals surface area contributed by atoms with Crippen LogP contribution in [0.15, 0.2) is 52.4 Å². The van der Waals surface area contributed by atoms with Crippen LogP contribution < -0.4 is 15.0 Å². The molecule has 0 bridgehead atoms. The zero-order chi connectivity index (χ0) is 28.2. The molecule has 14 heteroatoms. The first-order valence-corrected chi connectivity index (χ1v) is 13.6. The fraction of sp³-hybridized carbons (Fsp3) is 0.308. The van der Waals surface area contributed by atoms with E-state index in [0.29, 0.717) is 54.9 Å². The van der Waals surface area contributed by atoms with Crippen molar-refractivity contribution < 1.29 is 27.8 Å². The molecule has 0 spiro atoms. The summed E-state index contributed by atoms with van der Waals surface area (Å²) in [5, 5.41) is 5.20. The fourth-order valence-electron chi connectivity index (χ4n) is 4.70. The zero-order valence-corrected chi connectivity index (χ0v) is 22.7. The predicted octanol–water partition coefficient (Wildman–Crippen LogP) is 4.22. The Kier molecular flexibility index (Phi) is 8.31. The molecule has 0 amide bonds. The van der Waals surface area contributed by atoms with Gasteiger partial charge in [0.1, 0.15) is 6.04 Å². The molecule has 2 aliphatic heterocycles. The molecule has 3 aromatic rings. The van der Waals surface area contributed by atoms with Gasteiger partial charge in [-0.05, 0) is 25.8 Å². The lowest BCUT2D eigenvalue weighted by Gasteiger charge is -2.36. The van der Waals surface area contributed by atoms with E-state index in [2.05, 4.69) is 20.3 Å². The summed E-state index contributed by atoms with van der Waals surface area (Å²) in [5.74, 6) is -2.00. The van der Waals surface area contributed by atoms with Crippen molar-refractivity contribution in [3.05, 3.63) is 74.6 Å². The molecule has 1 saturated heterocycles. The first kappa shape index (κ1) is 27.6. The van der Waals surface area contributed by atoms with Crippen LogP contribution in [0.25, 0.3) is 0 Å². The van der Waals surface area contributed by atoms with E-state index in [4.69, 9.17) is 26.1 Å². The number of thiazole rings is 1. The van der Waals surface area contributed by atoms with Gasteiger partial charge in [-0.25, -0.2) is 28.5 Å². The molecule has 1 N–H and O–H groups in total. The number of esters is 1. The van der Waals surface area contributed by atoms with E-state index >= 15 is 0 Å². The molecular formula is C26H23ClF2N6O4S. The van der Waals surface area contributed by atoms with Crippen LogP contribution in [0.2, 0.25) is 5.02 Å². The molecule has 0 saturated carbocycles. The average molecular weight is 589 g/mol. The Bertz CT molecular complexity index is 1460. The number of benzene rings is 1. The molecule has 4 heterocycles. The Morgan fingerprint density at radius 1 is 1.23 bits per heavy atom. The smallest absolute Gasteiger partial charge is 0.338 e. The van der Waals surface area contributed by atoms with E-state index in [0.717, 1.165) is 6.07 Å². The largest absolute Gasteiger partial charge is 0.463 e. The Morgan fingerprint density at radius 3 is 2.62 bits per heavy atom.